The monoisotopic (exact) mass is 477 g/mol. The van der Waals surface area contributed by atoms with Gasteiger partial charge in [-0.1, -0.05) is 43.2 Å². The zero-order valence-electron chi connectivity index (χ0n) is 20.5. The van der Waals surface area contributed by atoms with E-state index in [2.05, 4.69) is 28.1 Å². The van der Waals surface area contributed by atoms with Crippen LogP contribution in [-0.4, -0.2) is 48.5 Å². The van der Waals surface area contributed by atoms with E-state index in [0.717, 1.165) is 37.9 Å². The topological polar surface area (TPSA) is 107 Å². The Balaban J connectivity index is 1.37. The highest BCUT2D eigenvalue weighted by Crippen LogP contribution is 2.36. The van der Waals surface area contributed by atoms with E-state index in [4.69, 9.17) is 10.1 Å². The molecule has 0 bridgehead atoms. The maximum absolute atomic E-state index is 13.3. The Hall–Kier alpha value is -3.55. The zero-order chi connectivity index (χ0) is 24.8. The Bertz CT molecular complexity index is 1040. The van der Waals surface area contributed by atoms with E-state index in [9.17, 15) is 9.59 Å². The van der Waals surface area contributed by atoms with Crippen LogP contribution in [0.15, 0.2) is 54.6 Å². The number of carbonyl (C=O) groups excluding carboxylic acids is 2. The van der Waals surface area contributed by atoms with Gasteiger partial charge in [-0.3, -0.25) is 15.1 Å². The van der Waals surface area contributed by atoms with Gasteiger partial charge in [0.05, 0.1) is 7.11 Å². The van der Waals surface area contributed by atoms with Crippen molar-refractivity contribution in [2.75, 3.05) is 19.5 Å². The molecule has 4 rings (SSSR count). The van der Waals surface area contributed by atoms with Crippen molar-refractivity contribution in [3.63, 3.8) is 0 Å². The van der Waals surface area contributed by atoms with Gasteiger partial charge < -0.3 is 20.7 Å². The molecule has 0 aromatic heterocycles. The van der Waals surface area contributed by atoms with Crippen LogP contribution in [0.25, 0.3) is 0 Å². The summed E-state index contributed by atoms with van der Waals surface area (Å²) in [5.74, 6) is 1.14. The lowest BCUT2D eigenvalue weighted by atomic mass is 9.75. The molecule has 2 fully saturated rings. The number of ether oxygens (including phenoxy) is 1. The molecule has 2 aromatic rings. The van der Waals surface area contributed by atoms with Gasteiger partial charge in [0.1, 0.15) is 11.3 Å². The van der Waals surface area contributed by atoms with Gasteiger partial charge in [-0.2, -0.15) is 0 Å². The minimum atomic E-state index is -0.778. The van der Waals surface area contributed by atoms with Crippen molar-refractivity contribution >= 4 is 23.6 Å². The molecule has 1 heterocycles. The molecule has 2 aromatic carbocycles. The van der Waals surface area contributed by atoms with E-state index >= 15 is 0 Å². The van der Waals surface area contributed by atoms with Crippen LogP contribution in [0, 0.1) is 11.3 Å². The third-order valence-electron chi connectivity index (χ3n) is 7.19. The van der Waals surface area contributed by atoms with Crippen molar-refractivity contribution in [2.24, 2.45) is 5.92 Å². The third kappa shape index (κ3) is 5.93. The van der Waals surface area contributed by atoms with Crippen LogP contribution in [0.3, 0.4) is 0 Å². The van der Waals surface area contributed by atoms with Gasteiger partial charge in [0.2, 0.25) is 0 Å². The molecule has 0 spiro atoms. The van der Waals surface area contributed by atoms with E-state index in [1.165, 1.54) is 10.5 Å². The summed E-state index contributed by atoms with van der Waals surface area (Å²) >= 11 is 0. The lowest BCUT2D eigenvalue weighted by Crippen LogP contribution is -2.50. The first-order valence-corrected chi connectivity index (χ1v) is 12.3. The van der Waals surface area contributed by atoms with E-state index in [-0.39, 0.29) is 29.9 Å². The van der Waals surface area contributed by atoms with Crippen molar-refractivity contribution in [3.8, 4) is 5.75 Å². The molecule has 1 saturated carbocycles. The number of urea groups is 1. The van der Waals surface area contributed by atoms with Gasteiger partial charge in [-0.15, -0.1) is 0 Å². The number of likely N-dealkylation sites (N-methyl/N-ethyl adjacent to an activating group) is 1. The van der Waals surface area contributed by atoms with Crippen molar-refractivity contribution < 1.29 is 14.3 Å². The average Bonchev–Trinajstić information content (AvgIpc) is 3.07. The van der Waals surface area contributed by atoms with Gasteiger partial charge in [-0.25, -0.2) is 4.79 Å². The van der Waals surface area contributed by atoms with Gasteiger partial charge in [0.25, 0.3) is 5.91 Å². The van der Waals surface area contributed by atoms with Crippen LogP contribution in [0.2, 0.25) is 0 Å². The second-order valence-corrected chi connectivity index (χ2v) is 9.67. The van der Waals surface area contributed by atoms with Crippen molar-refractivity contribution in [2.45, 2.75) is 56.5 Å². The minimum absolute atomic E-state index is 0.0363. The Labute approximate surface area is 206 Å². The number of amides is 3. The fraction of sp³-hybridized carbons (Fsp3) is 0.444. The minimum Gasteiger partial charge on any atom is -0.497 e. The van der Waals surface area contributed by atoms with Gasteiger partial charge in [0.15, 0.2) is 5.96 Å². The average molecular weight is 478 g/mol. The summed E-state index contributed by atoms with van der Waals surface area (Å²) in [6, 6.07) is 17.2. The normalized spacial score (nSPS) is 24.1. The zero-order valence-corrected chi connectivity index (χ0v) is 20.5. The van der Waals surface area contributed by atoms with Crippen LogP contribution < -0.4 is 20.7 Å². The molecule has 8 heteroatoms. The van der Waals surface area contributed by atoms with Crippen LogP contribution in [-0.2, 0) is 11.2 Å². The summed E-state index contributed by atoms with van der Waals surface area (Å²) in [5, 5.41) is 17.5. The summed E-state index contributed by atoms with van der Waals surface area (Å²) in [6.07, 6.45) is 5.79. The number of anilines is 1. The van der Waals surface area contributed by atoms with Crippen LogP contribution in [0.1, 0.15) is 44.1 Å². The van der Waals surface area contributed by atoms with Gasteiger partial charge in [-0.05, 0) is 67.9 Å². The molecule has 1 saturated heterocycles. The number of nitrogens with zero attached hydrogens (tertiary/aromatic N) is 1. The van der Waals surface area contributed by atoms with Crippen LogP contribution >= 0.6 is 0 Å². The van der Waals surface area contributed by atoms with E-state index < -0.39 is 5.54 Å². The van der Waals surface area contributed by atoms with Crippen molar-refractivity contribution in [1.82, 2.24) is 15.5 Å². The van der Waals surface area contributed by atoms with E-state index in [1.54, 1.807) is 38.4 Å². The molecule has 0 unspecified atom stereocenters. The Morgan fingerprint density at radius 1 is 1.17 bits per heavy atom. The van der Waals surface area contributed by atoms with Gasteiger partial charge in [0, 0.05) is 18.8 Å². The second kappa shape index (κ2) is 10.8. The largest absolute Gasteiger partial charge is 0.497 e. The maximum Gasteiger partial charge on any atom is 0.319 e. The van der Waals surface area contributed by atoms with Crippen molar-refractivity contribution in [3.05, 3.63) is 60.2 Å². The number of rotatable bonds is 8. The summed E-state index contributed by atoms with van der Waals surface area (Å²) in [4.78, 5) is 27.3. The Morgan fingerprint density at radius 2 is 1.91 bits per heavy atom. The highest BCUT2D eigenvalue weighted by molar-refractivity contribution is 6.07. The smallest absolute Gasteiger partial charge is 0.319 e. The Kier molecular flexibility index (Phi) is 7.58. The molecule has 2 aliphatic rings. The molecule has 4 N–H and O–H groups in total. The number of carbonyl (C=O) groups is 2. The summed E-state index contributed by atoms with van der Waals surface area (Å²) in [6.45, 7) is 0. The standard InChI is InChI=1S/C27H35N5O3/c1-32-24(33)27(31-25(32)28,16-15-19-7-4-3-5-8-19)18-20-9-6-10-22(17-20)30-26(34)29-21-11-13-23(35-2)14-12-21/h3-5,7-8,11-14,20,22H,6,9-10,15-18H2,1-2H3,(H2,28,31)(H2,29,30,34)/t20-,22+,27+/m0/s1. The highest BCUT2D eigenvalue weighted by Gasteiger charge is 2.49. The van der Waals surface area contributed by atoms with E-state index in [1.807, 2.05) is 18.2 Å². The molecule has 8 nitrogen and oxygen atoms in total. The number of methoxy groups -OCH3 is 1. The molecule has 186 valence electrons. The SMILES string of the molecule is COc1ccc(NC(=O)N[C@@H]2CCC[C@H](C[C@@]3(CCc4ccccc4)NC(=N)N(C)C3=O)C2)cc1. The maximum atomic E-state index is 13.3. The molecular formula is C27H35N5O3. The quantitative estimate of drug-likeness (QED) is 0.459. The third-order valence-corrected chi connectivity index (χ3v) is 7.19. The number of hydrogen-bond donors (Lipinski definition) is 4. The molecule has 3 atom stereocenters. The van der Waals surface area contributed by atoms with Crippen LogP contribution in [0.4, 0.5) is 10.5 Å². The predicted octanol–water partition coefficient (Wildman–Crippen LogP) is 4.13. The lowest BCUT2D eigenvalue weighted by molar-refractivity contribution is -0.131. The molecule has 3 amide bonds. The van der Waals surface area contributed by atoms with Crippen molar-refractivity contribution in [1.29, 1.82) is 5.41 Å². The molecule has 35 heavy (non-hydrogen) atoms. The summed E-state index contributed by atoms with van der Waals surface area (Å²) < 4.78 is 5.16. The lowest BCUT2D eigenvalue weighted by Gasteiger charge is -2.36. The number of aryl methyl sites for hydroxylation is 1. The Morgan fingerprint density at radius 3 is 2.57 bits per heavy atom. The first kappa shape index (κ1) is 24.6. The number of nitrogens with one attached hydrogen (secondary N) is 4. The number of benzene rings is 2. The summed E-state index contributed by atoms with van der Waals surface area (Å²) in [5.41, 5.74) is 1.11. The summed E-state index contributed by atoms with van der Waals surface area (Å²) in [7, 11) is 3.27. The molecule has 1 aliphatic carbocycles. The predicted molar refractivity (Wildman–Crippen MR) is 137 cm³/mol. The molecule has 0 radical (unpaired) electrons. The second-order valence-electron chi connectivity index (χ2n) is 9.67. The fourth-order valence-corrected chi connectivity index (χ4v) is 5.33. The number of hydrogen-bond acceptors (Lipinski definition) is 4. The first-order valence-electron chi connectivity index (χ1n) is 12.3. The van der Waals surface area contributed by atoms with Gasteiger partial charge >= 0.3 is 6.03 Å². The van der Waals surface area contributed by atoms with Crippen LogP contribution in [0.5, 0.6) is 5.75 Å². The molecular weight excluding hydrogens is 442 g/mol. The first-order chi connectivity index (χ1) is 16.9. The fourth-order valence-electron chi connectivity index (χ4n) is 5.33. The number of guanidine groups is 1. The highest BCUT2D eigenvalue weighted by atomic mass is 16.5. The van der Waals surface area contributed by atoms with E-state index in [0.29, 0.717) is 18.5 Å². The molecule has 1 aliphatic heterocycles.